The smallest absolute Gasteiger partial charge is 0.0702 e. The van der Waals surface area contributed by atoms with Gasteiger partial charge in [0.1, 0.15) is 0 Å². The summed E-state index contributed by atoms with van der Waals surface area (Å²) < 4.78 is 0. The Bertz CT molecular complexity index is 567. The second-order valence-electron chi connectivity index (χ2n) is 5.34. The molecule has 3 rings (SSSR count). The first-order valence-corrected chi connectivity index (χ1v) is 7.14. The number of nitrogens with zero attached hydrogens (tertiary/aromatic N) is 2. The van der Waals surface area contributed by atoms with Gasteiger partial charge in [0.2, 0.25) is 0 Å². The molecule has 0 radical (unpaired) electrons. The van der Waals surface area contributed by atoms with E-state index in [0.717, 1.165) is 25.0 Å². The number of piperidine rings is 1. The molecule has 2 N–H and O–H groups in total. The van der Waals surface area contributed by atoms with Crippen molar-refractivity contribution in [1.82, 2.24) is 9.88 Å². The Morgan fingerprint density at radius 2 is 2.26 bits per heavy atom. The van der Waals surface area contributed by atoms with Crippen molar-refractivity contribution in [3.8, 4) is 0 Å². The van der Waals surface area contributed by atoms with E-state index in [2.05, 4.69) is 41.1 Å². The average molecular weight is 255 g/mol. The van der Waals surface area contributed by atoms with E-state index in [1.807, 2.05) is 12.3 Å². The minimum absolute atomic E-state index is 0.239. The highest BCUT2D eigenvalue weighted by Crippen LogP contribution is 2.31. The minimum Gasteiger partial charge on any atom is -0.326 e. The van der Waals surface area contributed by atoms with Crippen LogP contribution in [0.2, 0.25) is 0 Å². The van der Waals surface area contributed by atoms with Gasteiger partial charge in [0.25, 0.3) is 0 Å². The Morgan fingerprint density at radius 1 is 1.37 bits per heavy atom. The monoisotopic (exact) mass is 255 g/mol. The fourth-order valence-corrected chi connectivity index (χ4v) is 3.19. The van der Waals surface area contributed by atoms with Crippen LogP contribution in [0.25, 0.3) is 10.9 Å². The molecule has 0 saturated carbocycles. The lowest BCUT2D eigenvalue weighted by atomic mass is 9.90. The Hall–Kier alpha value is -1.45. The van der Waals surface area contributed by atoms with Gasteiger partial charge >= 0.3 is 0 Å². The van der Waals surface area contributed by atoms with Crippen LogP contribution in [0.4, 0.5) is 0 Å². The minimum atomic E-state index is 0.239. The standard InChI is InChI=1S/C16H21N3/c1-2-19-10-4-6-14(17)16(19)13-7-8-15-12(11-13)5-3-9-18-15/h3,5,7-9,11,14,16H,2,4,6,10,17H2,1H3. The number of likely N-dealkylation sites (tertiary alicyclic amines) is 1. The number of likely N-dealkylation sites (N-methyl/N-ethyl adjacent to an activating group) is 1. The second-order valence-corrected chi connectivity index (χ2v) is 5.34. The number of pyridine rings is 1. The lowest BCUT2D eigenvalue weighted by Crippen LogP contribution is -2.45. The highest BCUT2D eigenvalue weighted by molar-refractivity contribution is 5.79. The van der Waals surface area contributed by atoms with Gasteiger partial charge in [-0.25, -0.2) is 0 Å². The van der Waals surface area contributed by atoms with Crippen molar-refractivity contribution in [3.63, 3.8) is 0 Å². The van der Waals surface area contributed by atoms with E-state index >= 15 is 0 Å². The van der Waals surface area contributed by atoms with Gasteiger partial charge in [-0.3, -0.25) is 9.88 Å². The van der Waals surface area contributed by atoms with Gasteiger partial charge in [-0.15, -0.1) is 0 Å². The Balaban J connectivity index is 2.01. The highest BCUT2D eigenvalue weighted by Gasteiger charge is 2.29. The van der Waals surface area contributed by atoms with Crippen molar-refractivity contribution < 1.29 is 0 Å². The van der Waals surface area contributed by atoms with Gasteiger partial charge in [0.05, 0.1) is 5.52 Å². The summed E-state index contributed by atoms with van der Waals surface area (Å²) in [4.78, 5) is 6.87. The molecule has 2 heterocycles. The quantitative estimate of drug-likeness (QED) is 0.897. The molecule has 0 spiro atoms. The van der Waals surface area contributed by atoms with Crippen molar-refractivity contribution in [3.05, 3.63) is 42.1 Å². The molecule has 2 atom stereocenters. The van der Waals surface area contributed by atoms with E-state index in [9.17, 15) is 0 Å². The molecular formula is C16H21N3. The van der Waals surface area contributed by atoms with Crippen LogP contribution in [0.1, 0.15) is 31.4 Å². The number of aromatic nitrogens is 1. The zero-order valence-corrected chi connectivity index (χ0v) is 11.4. The summed E-state index contributed by atoms with van der Waals surface area (Å²) in [5.41, 5.74) is 8.75. The third-order valence-electron chi connectivity index (χ3n) is 4.16. The number of hydrogen-bond acceptors (Lipinski definition) is 3. The van der Waals surface area contributed by atoms with Gasteiger partial charge in [-0.1, -0.05) is 19.1 Å². The molecule has 2 unspecified atom stereocenters. The SMILES string of the molecule is CCN1CCCC(N)C1c1ccc2ncccc2c1. The molecule has 2 aromatic rings. The fourth-order valence-electron chi connectivity index (χ4n) is 3.19. The van der Waals surface area contributed by atoms with Crippen molar-refractivity contribution in [2.24, 2.45) is 5.73 Å². The molecule has 3 nitrogen and oxygen atoms in total. The van der Waals surface area contributed by atoms with Gasteiger partial charge < -0.3 is 5.73 Å². The summed E-state index contributed by atoms with van der Waals surface area (Å²) in [7, 11) is 0. The molecule has 1 aromatic heterocycles. The number of hydrogen-bond donors (Lipinski definition) is 1. The molecular weight excluding hydrogens is 234 g/mol. The topological polar surface area (TPSA) is 42.1 Å². The van der Waals surface area contributed by atoms with Crippen LogP contribution in [0.15, 0.2) is 36.5 Å². The van der Waals surface area contributed by atoms with Crippen LogP contribution in [0.5, 0.6) is 0 Å². The van der Waals surface area contributed by atoms with E-state index in [-0.39, 0.29) is 6.04 Å². The van der Waals surface area contributed by atoms with E-state index in [0.29, 0.717) is 6.04 Å². The molecule has 0 bridgehead atoms. The lowest BCUT2D eigenvalue weighted by molar-refractivity contribution is 0.136. The molecule has 100 valence electrons. The Labute approximate surface area is 114 Å². The average Bonchev–Trinajstić information content (AvgIpc) is 2.46. The largest absolute Gasteiger partial charge is 0.326 e. The first-order chi connectivity index (χ1) is 9.29. The molecule has 1 saturated heterocycles. The van der Waals surface area contributed by atoms with Crippen molar-refractivity contribution >= 4 is 10.9 Å². The molecule has 3 heteroatoms. The Kier molecular flexibility index (Phi) is 3.49. The van der Waals surface area contributed by atoms with Crippen molar-refractivity contribution in [2.75, 3.05) is 13.1 Å². The molecule has 1 aliphatic rings. The maximum Gasteiger partial charge on any atom is 0.0702 e. The van der Waals surface area contributed by atoms with E-state index in [1.54, 1.807) is 0 Å². The van der Waals surface area contributed by atoms with Crippen LogP contribution in [0.3, 0.4) is 0 Å². The number of benzene rings is 1. The first kappa shape index (κ1) is 12.6. The summed E-state index contributed by atoms with van der Waals surface area (Å²) in [6.45, 7) is 4.43. The maximum absolute atomic E-state index is 6.36. The molecule has 0 amide bonds. The zero-order valence-electron chi connectivity index (χ0n) is 11.4. The number of nitrogens with two attached hydrogens (primary N) is 1. The van der Waals surface area contributed by atoms with Gasteiger partial charge in [0, 0.05) is 23.7 Å². The normalized spacial score (nSPS) is 24.7. The van der Waals surface area contributed by atoms with Gasteiger partial charge in [0.15, 0.2) is 0 Å². The van der Waals surface area contributed by atoms with Crippen LogP contribution in [-0.2, 0) is 0 Å². The predicted molar refractivity (Wildman–Crippen MR) is 78.9 cm³/mol. The third-order valence-corrected chi connectivity index (χ3v) is 4.16. The van der Waals surface area contributed by atoms with Crippen molar-refractivity contribution in [2.45, 2.75) is 31.8 Å². The van der Waals surface area contributed by atoms with Crippen LogP contribution in [0, 0.1) is 0 Å². The number of fused-ring (bicyclic) bond motifs is 1. The molecule has 1 fully saturated rings. The van der Waals surface area contributed by atoms with E-state index in [4.69, 9.17) is 5.73 Å². The van der Waals surface area contributed by atoms with Crippen molar-refractivity contribution in [1.29, 1.82) is 0 Å². The predicted octanol–water partition coefficient (Wildman–Crippen LogP) is 2.72. The zero-order chi connectivity index (χ0) is 13.2. The molecule has 1 aliphatic heterocycles. The summed E-state index contributed by atoms with van der Waals surface area (Å²) in [6.07, 6.45) is 4.17. The highest BCUT2D eigenvalue weighted by atomic mass is 15.2. The first-order valence-electron chi connectivity index (χ1n) is 7.14. The lowest BCUT2D eigenvalue weighted by Gasteiger charge is -2.39. The third kappa shape index (κ3) is 2.36. The summed E-state index contributed by atoms with van der Waals surface area (Å²) in [5.74, 6) is 0. The second kappa shape index (κ2) is 5.27. The van der Waals surface area contributed by atoms with E-state index in [1.165, 1.54) is 17.4 Å². The Morgan fingerprint density at radius 3 is 3.11 bits per heavy atom. The maximum atomic E-state index is 6.36. The summed E-state index contributed by atoms with van der Waals surface area (Å²) >= 11 is 0. The van der Waals surface area contributed by atoms with E-state index < -0.39 is 0 Å². The van der Waals surface area contributed by atoms with Crippen LogP contribution in [-0.4, -0.2) is 29.0 Å². The van der Waals surface area contributed by atoms with Crippen LogP contribution >= 0.6 is 0 Å². The molecule has 19 heavy (non-hydrogen) atoms. The van der Waals surface area contributed by atoms with Crippen LogP contribution < -0.4 is 5.73 Å². The van der Waals surface area contributed by atoms with Gasteiger partial charge in [-0.2, -0.15) is 0 Å². The number of rotatable bonds is 2. The molecule has 1 aromatic carbocycles. The summed E-state index contributed by atoms with van der Waals surface area (Å²) in [5, 5.41) is 1.20. The fraction of sp³-hybridized carbons (Fsp3) is 0.438. The van der Waals surface area contributed by atoms with Gasteiger partial charge in [-0.05, 0) is 49.7 Å². The summed E-state index contributed by atoms with van der Waals surface area (Å²) in [6, 6.07) is 11.3. The molecule has 0 aliphatic carbocycles.